The third-order valence-electron chi connectivity index (χ3n) is 7.20. The number of nitrogens with zero attached hydrogens (tertiary/aromatic N) is 2. The van der Waals surface area contributed by atoms with Gasteiger partial charge in [0.1, 0.15) is 6.10 Å². The van der Waals surface area contributed by atoms with E-state index < -0.39 is 24.0 Å². The lowest BCUT2D eigenvalue weighted by Crippen LogP contribution is -2.47. The van der Waals surface area contributed by atoms with E-state index in [-0.39, 0.29) is 49.0 Å². The maximum absolute atomic E-state index is 13.7. The molecule has 11 heteroatoms. The van der Waals surface area contributed by atoms with E-state index in [2.05, 4.69) is 10.5 Å². The Morgan fingerprint density at radius 1 is 0.956 bits per heavy atom. The van der Waals surface area contributed by atoms with Gasteiger partial charge in [-0.25, -0.2) is 10.9 Å². The van der Waals surface area contributed by atoms with Crippen LogP contribution in [0.15, 0.2) is 96.1 Å². The van der Waals surface area contributed by atoms with Crippen molar-refractivity contribution in [2.24, 2.45) is 5.10 Å². The maximum Gasteiger partial charge on any atom is 0.306 e. The molecule has 0 fully saturated rings. The first kappa shape index (κ1) is 32.8. The van der Waals surface area contributed by atoms with Gasteiger partial charge in [0.05, 0.1) is 18.9 Å². The Bertz CT molecular complexity index is 1520. The van der Waals surface area contributed by atoms with E-state index in [4.69, 9.17) is 14.7 Å². The number of esters is 1. The van der Waals surface area contributed by atoms with Crippen LogP contribution in [0.3, 0.4) is 0 Å². The first-order chi connectivity index (χ1) is 21.9. The predicted molar refractivity (Wildman–Crippen MR) is 166 cm³/mol. The van der Waals surface area contributed by atoms with E-state index in [0.29, 0.717) is 18.4 Å². The van der Waals surface area contributed by atoms with Crippen LogP contribution in [0.25, 0.3) is 0 Å². The number of carbonyl (C=O) groups is 4. The molecular formula is C34H36N4O7. The summed E-state index contributed by atoms with van der Waals surface area (Å²) in [6, 6.07) is 21.8. The Balaban J connectivity index is 1.55. The van der Waals surface area contributed by atoms with Crippen LogP contribution in [0.5, 0.6) is 0 Å². The van der Waals surface area contributed by atoms with Crippen LogP contribution in [0.4, 0.5) is 0 Å². The van der Waals surface area contributed by atoms with Gasteiger partial charge in [-0.15, -0.1) is 0 Å². The number of cyclic esters (lactones) is 1. The zero-order valence-electron chi connectivity index (χ0n) is 24.9. The van der Waals surface area contributed by atoms with Crippen molar-refractivity contribution >= 4 is 29.9 Å². The van der Waals surface area contributed by atoms with E-state index in [1.165, 1.54) is 36.0 Å². The number of hydrogen-bond acceptors (Lipinski definition) is 8. The summed E-state index contributed by atoms with van der Waals surface area (Å²) in [6.45, 7) is 0.368. The van der Waals surface area contributed by atoms with Crippen LogP contribution in [0, 0.1) is 0 Å². The molecule has 3 aromatic rings. The Kier molecular flexibility index (Phi) is 12.1. The van der Waals surface area contributed by atoms with E-state index in [1.807, 2.05) is 66.7 Å². The molecule has 0 radical (unpaired) electrons. The summed E-state index contributed by atoms with van der Waals surface area (Å²) in [7, 11) is 1.55. The number of allylic oxidation sites excluding steroid dienone is 2. The second-order valence-corrected chi connectivity index (χ2v) is 10.4. The first-order valence-corrected chi connectivity index (χ1v) is 14.5. The van der Waals surface area contributed by atoms with Crippen molar-refractivity contribution in [3.63, 3.8) is 0 Å². The molecule has 2 atom stereocenters. The molecule has 1 aliphatic heterocycles. The highest BCUT2D eigenvalue weighted by atomic mass is 16.5. The van der Waals surface area contributed by atoms with Gasteiger partial charge in [0.15, 0.2) is 0 Å². The van der Waals surface area contributed by atoms with Crippen molar-refractivity contribution in [3.05, 3.63) is 119 Å². The van der Waals surface area contributed by atoms with Crippen molar-refractivity contribution in [2.45, 2.75) is 44.4 Å². The number of nitrogens with one attached hydrogen (secondary N) is 2. The number of hydrazone groups is 1. The van der Waals surface area contributed by atoms with E-state index >= 15 is 0 Å². The molecule has 3 amide bonds. The zero-order chi connectivity index (χ0) is 32.0. The lowest BCUT2D eigenvalue weighted by Gasteiger charge is -2.37. The number of carbonyl (C=O) groups excluding carboxylic acids is 4. The summed E-state index contributed by atoms with van der Waals surface area (Å²) >= 11 is 0. The summed E-state index contributed by atoms with van der Waals surface area (Å²) in [4.78, 5) is 52.3. The van der Waals surface area contributed by atoms with Crippen molar-refractivity contribution < 1.29 is 33.9 Å². The lowest BCUT2D eigenvalue weighted by molar-refractivity contribution is -0.159. The standard InChI is InChI=1S/C34H36N4O7/c1-44-23-29-32(26-12-5-4-6-13-26)45-31(40)15-8-3-2-7-14-30(39)38(29)22-25-11-9-10-24(20-25)21-35-36-33(41)27-16-18-28(19-17-27)34(42)37-43/h2-6,9-13,16-21,29,32,43H,7-8,14-15,22-23H2,1H3,(H,36,41)(H,37,42)/b3-2+,35-21+/t29-,32-/m0/s1. The highest BCUT2D eigenvalue weighted by Gasteiger charge is 2.34. The number of benzene rings is 3. The zero-order valence-corrected chi connectivity index (χ0v) is 24.9. The molecule has 3 N–H and O–H groups in total. The van der Waals surface area contributed by atoms with Crippen LogP contribution >= 0.6 is 0 Å². The largest absolute Gasteiger partial charge is 0.455 e. The van der Waals surface area contributed by atoms with Crippen molar-refractivity contribution in [3.8, 4) is 0 Å². The number of methoxy groups -OCH3 is 1. The molecule has 1 heterocycles. The third-order valence-corrected chi connectivity index (χ3v) is 7.20. The van der Waals surface area contributed by atoms with Crippen molar-refractivity contribution in [1.82, 2.24) is 15.8 Å². The molecule has 11 nitrogen and oxygen atoms in total. The van der Waals surface area contributed by atoms with Crippen LogP contribution in [0.1, 0.15) is 69.2 Å². The van der Waals surface area contributed by atoms with Gasteiger partial charge < -0.3 is 14.4 Å². The Morgan fingerprint density at radius 2 is 1.64 bits per heavy atom. The summed E-state index contributed by atoms with van der Waals surface area (Å²) in [5.41, 5.74) is 6.71. The van der Waals surface area contributed by atoms with Gasteiger partial charge >= 0.3 is 5.97 Å². The van der Waals surface area contributed by atoms with Gasteiger partial charge in [-0.1, -0.05) is 60.7 Å². The Hall–Kier alpha value is -5.13. The molecule has 0 spiro atoms. The summed E-state index contributed by atoms with van der Waals surface area (Å²) < 4.78 is 11.6. The minimum atomic E-state index is -0.738. The fourth-order valence-corrected chi connectivity index (χ4v) is 4.94. The third kappa shape index (κ3) is 9.43. The SMILES string of the molecule is COC[C@H]1[C@H](c2ccccc2)OC(=O)CC/C=C/CCC(=O)N1Cc1cccc(/C=N/NC(=O)c2ccc(C(=O)NO)cc2)c1. The molecule has 0 aliphatic carbocycles. The van der Waals surface area contributed by atoms with Crippen LogP contribution in [-0.4, -0.2) is 59.8 Å². The minimum absolute atomic E-state index is 0.104. The summed E-state index contributed by atoms with van der Waals surface area (Å²) in [5, 5.41) is 12.8. The van der Waals surface area contributed by atoms with Crippen LogP contribution in [-0.2, 0) is 25.6 Å². The first-order valence-electron chi connectivity index (χ1n) is 14.5. The van der Waals surface area contributed by atoms with E-state index in [0.717, 1.165) is 11.1 Å². The van der Waals surface area contributed by atoms with E-state index in [9.17, 15) is 19.2 Å². The molecular weight excluding hydrogens is 576 g/mol. The number of ether oxygens (including phenoxy) is 2. The van der Waals surface area contributed by atoms with Gasteiger partial charge in [0, 0.05) is 37.6 Å². The number of rotatable bonds is 9. The van der Waals surface area contributed by atoms with Gasteiger partial charge in [-0.2, -0.15) is 5.10 Å². The van der Waals surface area contributed by atoms with Crippen LogP contribution in [0.2, 0.25) is 0 Å². The van der Waals surface area contributed by atoms with Crippen LogP contribution < -0.4 is 10.9 Å². The predicted octanol–water partition coefficient (Wildman–Crippen LogP) is 4.33. The molecule has 0 bridgehead atoms. The topological polar surface area (TPSA) is 147 Å². The van der Waals surface area contributed by atoms with Gasteiger partial charge in [0.25, 0.3) is 11.8 Å². The lowest BCUT2D eigenvalue weighted by atomic mass is 9.99. The molecule has 45 heavy (non-hydrogen) atoms. The Labute approximate surface area is 261 Å². The quantitative estimate of drug-likeness (QED) is 0.107. The maximum atomic E-state index is 13.7. The van der Waals surface area contributed by atoms with Gasteiger partial charge in [-0.3, -0.25) is 24.4 Å². The Morgan fingerprint density at radius 3 is 2.33 bits per heavy atom. The van der Waals surface area contributed by atoms with Gasteiger partial charge in [-0.05, 0) is 59.9 Å². The van der Waals surface area contributed by atoms with Crippen molar-refractivity contribution in [2.75, 3.05) is 13.7 Å². The highest BCUT2D eigenvalue weighted by Crippen LogP contribution is 2.29. The molecule has 0 aromatic heterocycles. The second kappa shape index (κ2) is 16.6. The molecule has 4 rings (SSSR count). The highest BCUT2D eigenvalue weighted by molar-refractivity contribution is 5.97. The normalized spacial score (nSPS) is 18.4. The average molecular weight is 613 g/mol. The fourth-order valence-electron chi connectivity index (χ4n) is 4.94. The molecule has 1 aliphatic rings. The molecule has 0 saturated heterocycles. The fraction of sp³-hybridized carbons (Fsp3) is 0.265. The minimum Gasteiger partial charge on any atom is -0.455 e. The monoisotopic (exact) mass is 612 g/mol. The summed E-state index contributed by atoms with van der Waals surface area (Å²) in [5.74, 6) is -1.62. The molecule has 0 saturated carbocycles. The summed E-state index contributed by atoms with van der Waals surface area (Å²) in [6.07, 6.45) is 6.16. The smallest absolute Gasteiger partial charge is 0.306 e. The number of hydroxylamine groups is 1. The second-order valence-electron chi connectivity index (χ2n) is 10.4. The number of amides is 3. The average Bonchev–Trinajstić information content (AvgIpc) is 3.06. The molecule has 3 aromatic carbocycles. The molecule has 0 unspecified atom stereocenters. The number of hydrogen-bond donors (Lipinski definition) is 3. The van der Waals surface area contributed by atoms with Crippen molar-refractivity contribution in [1.29, 1.82) is 0 Å². The van der Waals surface area contributed by atoms with E-state index in [1.54, 1.807) is 12.0 Å². The van der Waals surface area contributed by atoms with Gasteiger partial charge in [0.2, 0.25) is 5.91 Å². The molecule has 234 valence electrons.